The van der Waals surface area contributed by atoms with E-state index in [-0.39, 0.29) is 0 Å². The maximum Gasteiger partial charge on any atom is 0.0317 e. The molecule has 1 aromatic carbocycles. The molecule has 3 nitrogen and oxygen atoms in total. The predicted octanol–water partition coefficient (Wildman–Crippen LogP) is 2.60. The molecule has 1 fully saturated rings. The second-order valence-electron chi connectivity index (χ2n) is 6.03. The number of nitrogens with zero attached hydrogens (tertiary/aromatic N) is 2. The van der Waals surface area contributed by atoms with Gasteiger partial charge in [-0.3, -0.25) is 4.90 Å². The average molecular weight is 261 g/mol. The highest BCUT2D eigenvalue weighted by Crippen LogP contribution is 2.24. The summed E-state index contributed by atoms with van der Waals surface area (Å²) in [6, 6.07) is 8.70. The third-order valence-corrected chi connectivity index (χ3v) is 4.44. The van der Waals surface area contributed by atoms with Crippen LogP contribution in [0, 0.1) is 5.92 Å². The summed E-state index contributed by atoms with van der Waals surface area (Å²) in [4.78, 5) is 4.89. The van der Waals surface area contributed by atoms with Crippen LogP contribution < -0.4 is 5.73 Å². The van der Waals surface area contributed by atoms with Crippen LogP contribution in [0.15, 0.2) is 24.3 Å². The van der Waals surface area contributed by atoms with Crippen LogP contribution >= 0.6 is 0 Å². The second-order valence-corrected chi connectivity index (χ2v) is 6.03. The van der Waals surface area contributed by atoms with Crippen molar-refractivity contribution in [1.82, 2.24) is 9.80 Å². The van der Waals surface area contributed by atoms with E-state index in [9.17, 15) is 0 Å². The van der Waals surface area contributed by atoms with Crippen LogP contribution in [0.5, 0.6) is 0 Å². The normalized spacial score (nSPS) is 19.8. The maximum atomic E-state index is 5.87. The molecule has 1 saturated heterocycles. The number of nitrogens with two attached hydrogens (primary N) is 1. The summed E-state index contributed by atoms with van der Waals surface area (Å²) in [5.41, 5.74) is 8.05. The number of anilines is 1. The number of hydrogen-bond acceptors (Lipinski definition) is 3. The van der Waals surface area contributed by atoms with Crippen molar-refractivity contribution >= 4 is 5.69 Å². The first-order valence-electron chi connectivity index (χ1n) is 7.30. The van der Waals surface area contributed by atoms with Gasteiger partial charge in [0, 0.05) is 18.3 Å². The fourth-order valence-electron chi connectivity index (χ4n) is 2.88. The van der Waals surface area contributed by atoms with Gasteiger partial charge in [0.05, 0.1) is 0 Å². The van der Waals surface area contributed by atoms with Gasteiger partial charge >= 0.3 is 0 Å². The van der Waals surface area contributed by atoms with Gasteiger partial charge in [-0.15, -0.1) is 0 Å². The first kappa shape index (κ1) is 14.4. The maximum absolute atomic E-state index is 5.87. The average Bonchev–Trinajstić information content (AvgIpc) is 2.40. The third kappa shape index (κ3) is 3.95. The van der Waals surface area contributed by atoms with Gasteiger partial charge < -0.3 is 10.6 Å². The Kier molecular flexibility index (Phi) is 4.83. The summed E-state index contributed by atoms with van der Waals surface area (Å²) >= 11 is 0. The predicted molar refractivity (Wildman–Crippen MR) is 82.1 cm³/mol. The van der Waals surface area contributed by atoms with Crippen molar-refractivity contribution in [3.05, 3.63) is 29.8 Å². The molecule has 1 aliphatic rings. The van der Waals surface area contributed by atoms with E-state index < -0.39 is 0 Å². The van der Waals surface area contributed by atoms with E-state index in [1.54, 1.807) is 0 Å². The van der Waals surface area contributed by atoms with Crippen LogP contribution in [0.25, 0.3) is 0 Å². The van der Waals surface area contributed by atoms with Gasteiger partial charge in [-0.25, -0.2) is 0 Å². The summed E-state index contributed by atoms with van der Waals surface area (Å²) in [7, 11) is 4.45. The molecule has 0 bridgehead atoms. The fraction of sp³-hybridized carbons (Fsp3) is 0.625. The van der Waals surface area contributed by atoms with Gasteiger partial charge in [0.25, 0.3) is 0 Å². The highest BCUT2D eigenvalue weighted by molar-refractivity contribution is 5.41. The van der Waals surface area contributed by atoms with E-state index in [1.165, 1.54) is 38.0 Å². The molecule has 1 aromatic rings. The molecule has 1 aliphatic heterocycles. The zero-order valence-electron chi connectivity index (χ0n) is 12.5. The van der Waals surface area contributed by atoms with Crippen molar-refractivity contribution in [1.29, 1.82) is 0 Å². The lowest BCUT2D eigenvalue weighted by Crippen LogP contribution is -2.36. The first-order valence-corrected chi connectivity index (χ1v) is 7.30. The van der Waals surface area contributed by atoms with E-state index in [4.69, 9.17) is 5.73 Å². The van der Waals surface area contributed by atoms with Crippen LogP contribution in [0.4, 0.5) is 5.69 Å². The molecular weight excluding hydrogens is 234 g/mol. The Morgan fingerprint density at radius 1 is 1.37 bits per heavy atom. The number of piperidine rings is 1. The number of likely N-dealkylation sites (tertiary alicyclic amines) is 1. The number of hydrogen-bond donors (Lipinski definition) is 1. The Labute approximate surface area is 117 Å². The van der Waals surface area contributed by atoms with Crippen LogP contribution in [0.1, 0.15) is 31.4 Å². The summed E-state index contributed by atoms with van der Waals surface area (Å²) in [6.07, 6.45) is 2.65. The first-order chi connectivity index (χ1) is 9.06. The van der Waals surface area contributed by atoms with Crippen molar-refractivity contribution in [2.24, 2.45) is 5.92 Å². The van der Waals surface area contributed by atoms with Gasteiger partial charge in [-0.1, -0.05) is 12.1 Å². The molecule has 19 heavy (non-hydrogen) atoms. The summed E-state index contributed by atoms with van der Waals surface area (Å²) in [5.74, 6) is 0.838. The topological polar surface area (TPSA) is 32.5 Å². The second kappa shape index (κ2) is 6.40. The smallest absolute Gasteiger partial charge is 0.0317 e. The minimum Gasteiger partial charge on any atom is -0.399 e. The Bertz CT molecular complexity index is 397. The molecule has 0 aromatic heterocycles. The van der Waals surface area contributed by atoms with Crippen molar-refractivity contribution in [2.45, 2.75) is 25.8 Å². The Balaban J connectivity index is 1.90. The molecule has 1 unspecified atom stereocenters. The van der Waals surface area contributed by atoms with Crippen molar-refractivity contribution in [3.63, 3.8) is 0 Å². The van der Waals surface area contributed by atoms with Gasteiger partial charge in [-0.05, 0) is 70.6 Å². The lowest BCUT2D eigenvalue weighted by Gasteiger charge is -2.34. The zero-order valence-corrected chi connectivity index (χ0v) is 12.5. The lowest BCUT2D eigenvalue weighted by atomic mass is 9.95. The molecule has 1 atom stereocenters. The zero-order chi connectivity index (χ0) is 13.8. The van der Waals surface area contributed by atoms with E-state index >= 15 is 0 Å². The molecule has 1 heterocycles. The van der Waals surface area contributed by atoms with Crippen LogP contribution in [0.2, 0.25) is 0 Å². The highest BCUT2D eigenvalue weighted by Gasteiger charge is 2.20. The molecule has 0 spiro atoms. The number of nitrogen functional groups attached to an aromatic ring is 1. The number of rotatable bonds is 4. The molecule has 0 saturated carbocycles. The van der Waals surface area contributed by atoms with Gasteiger partial charge in [-0.2, -0.15) is 0 Å². The number of benzene rings is 1. The van der Waals surface area contributed by atoms with Crippen molar-refractivity contribution in [2.75, 3.05) is 39.5 Å². The monoisotopic (exact) mass is 261 g/mol. The Morgan fingerprint density at radius 2 is 2.05 bits per heavy atom. The van der Waals surface area contributed by atoms with Crippen LogP contribution in [0.3, 0.4) is 0 Å². The molecule has 0 amide bonds. The van der Waals surface area contributed by atoms with Gasteiger partial charge in [0.2, 0.25) is 0 Å². The van der Waals surface area contributed by atoms with Crippen LogP contribution in [-0.4, -0.2) is 43.5 Å². The van der Waals surface area contributed by atoms with E-state index in [1.807, 2.05) is 12.1 Å². The Morgan fingerprint density at radius 3 is 2.68 bits per heavy atom. The van der Waals surface area contributed by atoms with E-state index in [0.29, 0.717) is 6.04 Å². The quantitative estimate of drug-likeness (QED) is 0.846. The molecular formula is C16H27N3. The minimum atomic E-state index is 0.433. The molecule has 2 N–H and O–H groups in total. The standard InChI is InChI=1S/C16H27N3/c1-13(15-5-4-6-16(17)11-15)19(3)12-14-7-9-18(2)10-8-14/h4-6,11,13-14H,7-10,12,17H2,1-3H3. The highest BCUT2D eigenvalue weighted by atomic mass is 15.1. The summed E-state index contributed by atoms with van der Waals surface area (Å²) in [5, 5.41) is 0. The third-order valence-electron chi connectivity index (χ3n) is 4.44. The molecule has 0 radical (unpaired) electrons. The Hall–Kier alpha value is -1.06. The fourth-order valence-corrected chi connectivity index (χ4v) is 2.88. The summed E-state index contributed by atoms with van der Waals surface area (Å²) < 4.78 is 0. The van der Waals surface area contributed by atoms with Gasteiger partial charge in [0.15, 0.2) is 0 Å². The molecule has 0 aliphatic carbocycles. The molecule has 106 valence electrons. The van der Waals surface area contributed by atoms with Gasteiger partial charge in [0.1, 0.15) is 0 Å². The minimum absolute atomic E-state index is 0.433. The van der Waals surface area contributed by atoms with E-state index in [2.05, 4.69) is 43.0 Å². The largest absolute Gasteiger partial charge is 0.399 e. The van der Waals surface area contributed by atoms with Crippen LogP contribution in [-0.2, 0) is 0 Å². The van der Waals surface area contributed by atoms with Crippen molar-refractivity contribution in [3.8, 4) is 0 Å². The summed E-state index contributed by atoms with van der Waals surface area (Å²) in [6.45, 7) is 5.93. The molecule has 2 rings (SSSR count). The van der Waals surface area contributed by atoms with Crippen molar-refractivity contribution < 1.29 is 0 Å². The van der Waals surface area contributed by atoms with E-state index in [0.717, 1.165) is 11.6 Å². The SMILES string of the molecule is CC(c1cccc(N)c1)N(C)CC1CCN(C)CC1. The lowest BCUT2D eigenvalue weighted by molar-refractivity contribution is 0.155. The molecule has 3 heteroatoms.